The number of furan rings is 1. The highest BCUT2D eigenvalue weighted by Crippen LogP contribution is 2.35. The van der Waals surface area contributed by atoms with Gasteiger partial charge in [0, 0.05) is 30.6 Å². The third-order valence-electron chi connectivity index (χ3n) is 4.48. The zero-order chi connectivity index (χ0) is 18.0. The molecule has 25 heavy (non-hydrogen) atoms. The molecule has 1 aliphatic heterocycles. The minimum atomic E-state index is -0.826. The van der Waals surface area contributed by atoms with Gasteiger partial charge in [-0.15, -0.1) is 0 Å². The Morgan fingerprint density at radius 1 is 1.32 bits per heavy atom. The molecule has 3 unspecified atom stereocenters. The van der Waals surface area contributed by atoms with E-state index >= 15 is 0 Å². The molecule has 2 aromatic rings. The summed E-state index contributed by atoms with van der Waals surface area (Å²) < 4.78 is 5.14. The largest absolute Gasteiger partial charge is 0.467 e. The molecule has 0 aliphatic carbocycles. The standard InChI is InChI=1S/C19H22N2O4/c1-12-11-21(15-7-4-3-6-14(12)15)19(24)18(23)20-13(2)10-16(22)17-8-5-9-25-17/h3-9,12-13,16,22H,10-11H2,1-2H3,(H,20,23). The van der Waals surface area contributed by atoms with E-state index < -0.39 is 17.9 Å². The van der Waals surface area contributed by atoms with Gasteiger partial charge in [0.15, 0.2) is 0 Å². The first-order valence-corrected chi connectivity index (χ1v) is 8.40. The fourth-order valence-electron chi connectivity index (χ4n) is 3.21. The van der Waals surface area contributed by atoms with Gasteiger partial charge in [-0.25, -0.2) is 0 Å². The van der Waals surface area contributed by atoms with Crippen LogP contribution in [-0.2, 0) is 9.59 Å². The summed E-state index contributed by atoms with van der Waals surface area (Å²) in [6.45, 7) is 4.28. The third kappa shape index (κ3) is 3.58. The summed E-state index contributed by atoms with van der Waals surface area (Å²) >= 11 is 0. The Kier molecular flexibility index (Phi) is 4.90. The molecule has 6 heteroatoms. The fraction of sp³-hybridized carbons (Fsp3) is 0.368. The first-order chi connectivity index (χ1) is 12.0. The quantitative estimate of drug-likeness (QED) is 0.836. The van der Waals surface area contributed by atoms with Crippen LogP contribution in [0, 0.1) is 0 Å². The number of fused-ring (bicyclic) bond motifs is 1. The average molecular weight is 342 g/mol. The molecule has 0 spiro atoms. The van der Waals surface area contributed by atoms with Crippen LogP contribution in [0.15, 0.2) is 47.1 Å². The number of nitrogens with zero attached hydrogens (tertiary/aromatic N) is 1. The van der Waals surface area contributed by atoms with Crippen molar-refractivity contribution in [1.82, 2.24) is 5.32 Å². The van der Waals surface area contributed by atoms with Crippen LogP contribution in [0.4, 0.5) is 5.69 Å². The lowest BCUT2D eigenvalue weighted by atomic mass is 10.0. The predicted molar refractivity (Wildman–Crippen MR) is 93.1 cm³/mol. The van der Waals surface area contributed by atoms with Gasteiger partial charge in [-0.3, -0.25) is 9.59 Å². The lowest BCUT2D eigenvalue weighted by Gasteiger charge is -2.20. The van der Waals surface area contributed by atoms with Crippen molar-refractivity contribution in [2.24, 2.45) is 0 Å². The second kappa shape index (κ2) is 7.11. The van der Waals surface area contributed by atoms with Crippen LogP contribution in [-0.4, -0.2) is 29.5 Å². The van der Waals surface area contributed by atoms with E-state index in [0.29, 0.717) is 12.3 Å². The summed E-state index contributed by atoms with van der Waals surface area (Å²) in [5, 5.41) is 12.7. The number of benzene rings is 1. The highest BCUT2D eigenvalue weighted by molar-refractivity contribution is 6.40. The van der Waals surface area contributed by atoms with Crippen molar-refractivity contribution >= 4 is 17.5 Å². The Labute approximate surface area is 146 Å². The van der Waals surface area contributed by atoms with E-state index in [4.69, 9.17) is 4.42 Å². The van der Waals surface area contributed by atoms with Crippen molar-refractivity contribution in [1.29, 1.82) is 0 Å². The molecule has 3 atom stereocenters. The molecule has 1 aromatic carbocycles. The van der Waals surface area contributed by atoms with Crippen LogP contribution in [0.2, 0.25) is 0 Å². The molecule has 1 aromatic heterocycles. The maximum absolute atomic E-state index is 12.5. The highest BCUT2D eigenvalue weighted by Gasteiger charge is 2.33. The molecule has 0 saturated carbocycles. The van der Waals surface area contributed by atoms with Gasteiger partial charge in [-0.2, -0.15) is 0 Å². The summed E-state index contributed by atoms with van der Waals surface area (Å²) in [7, 11) is 0. The van der Waals surface area contributed by atoms with Crippen LogP contribution in [0.3, 0.4) is 0 Å². The summed E-state index contributed by atoms with van der Waals surface area (Å²) in [6.07, 6.45) is 0.921. The topological polar surface area (TPSA) is 82.8 Å². The van der Waals surface area contributed by atoms with Crippen molar-refractivity contribution in [3.63, 3.8) is 0 Å². The van der Waals surface area contributed by atoms with Gasteiger partial charge in [0.1, 0.15) is 11.9 Å². The van der Waals surface area contributed by atoms with E-state index in [1.807, 2.05) is 31.2 Å². The van der Waals surface area contributed by atoms with Crippen LogP contribution in [0.5, 0.6) is 0 Å². The van der Waals surface area contributed by atoms with Crippen molar-refractivity contribution < 1.29 is 19.1 Å². The van der Waals surface area contributed by atoms with Crippen molar-refractivity contribution in [3.8, 4) is 0 Å². The summed E-state index contributed by atoms with van der Waals surface area (Å²) in [6, 6.07) is 10.6. The van der Waals surface area contributed by atoms with Crippen LogP contribution in [0.1, 0.15) is 43.6 Å². The van der Waals surface area contributed by atoms with Gasteiger partial charge < -0.3 is 19.7 Å². The normalized spacial score (nSPS) is 18.5. The van der Waals surface area contributed by atoms with E-state index in [1.165, 1.54) is 11.2 Å². The molecule has 0 bridgehead atoms. The molecule has 1 aliphatic rings. The molecule has 132 valence electrons. The summed E-state index contributed by atoms with van der Waals surface area (Å²) in [5.74, 6) is -0.597. The number of amides is 2. The van der Waals surface area contributed by atoms with Crippen molar-refractivity contribution in [2.45, 2.75) is 38.3 Å². The molecule has 0 radical (unpaired) electrons. The number of carbonyl (C=O) groups is 2. The van der Waals surface area contributed by atoms with Gasteiger partial charge in [-0.1, -0.05) is 25.1 Å². The molecule has 0 fully saturated rings. The first kappa shape index (κ1) is 17.2. The van der Waals surface area contributed by atoms with Crippen LogP contribution >= 0.6 is 0 Å². The Morgan fingerprint density at radius 2 is 2.08 bits per heavy atom. The van der Waals surface area contributed by atoms with Crippen molar-refractivity contribution in [3.05, 3.63) is 54.0 Å². The number of carbonyl (C=O) groups excluding carboxylic acids is 2. The zero-order valence-corrected chi connectivity index (χ0v) is 14.3. The number of nitrogens with one attached hydrogen (secondary N) is 1. The zero-order valence-electron chi connectivity index (χ0n) is 14.3. The van der Waals surface area contributed by atoms with Gasteiger partial charge in [0.2, 0.25) is 0 Å². The molecule has 2 heterocycles. The smallest absolute Gasteiger partial charge is 0.316 e. The first-order valence-electron chi connectivity index (χ1n) is 8.40. The van der Waals surface area contributed by atoms with Crippen molar-refractivity contribution in [2.75, 3.05) is 11.4 Å². The van der Waals surface area contributed by atoms with E-state index in [-0.39, 0.29) is 18.4 Å². The van der Waals surface area contributed by atoms with E-state index in [9.17, 15) is 14.7 Å². The molecule has 2 amide bonds. The second-order valence-electron chi connectivity index (χ2n) is 6.52. The van der Waals surface area contributed by atoms with Gasteiger partial charge in [-0.05, 0) is 30.7 Å². The Morgan fingerprint density at radius 3 is 2.80 bits per heavy atom. The number of anilines is 1. The highest BCUT2D eigenvalue weighted by atomic mass is 16.4. The SMILES string of the molecule is CC(CC(O)c1ccco1)NC(=O)C(=O)N1CC(C)c2ccccc21. The van der Waals surface area contributed by atoms with E-state index in [1.54, 1.807) is 19.1 Å². The number of aliphatic hydroxyl groups is 1. The monoisotopic (exact) mass is 342 g/mol. The van der Waals surface area contributed by atoms with Gasteiger partial charge in [0.05, 0.1) is 6.26 Å². The second-order valence-corrected chi connectivity index (χ2v) is 6.52. The summed E-state index contributed by atoms with van der Waals surface area (Å²) in [5.41, 5.74) is 1.86. The molecular weight excluding hydrogens is 320 g/mol. The maximum Gasteiger partial charge on any atom is 0.316 e. The Bertz CT molecular complexity index is 757. The Hall–Kier alpha value is -2.60. The Balaban J connectivity index is 1.61. The molecule has 6 nitrogen and oxygen atoms in total. The molecule has 0 saturated heterocycles. The van der Waals surface area contributed by atoms with Gasteiger partial charge >= 0.3 is 11.8 Å². The minimum absolute atomic E-state index is 0.200. The number of hydrogen-bond donors (Lipinski definition) is 2. The predicted octanol–water partition coefficient (Wildman–Crippen LogP) is 2.36. The van der Waals surface area contributed by atoms with Crippen LogP contribution in [0.25, 0.3) is 0 Å². The van der Waals surface area contributed by atoms with Gasteiger partial charge in [0.25, 0.3) is 0 Å². The molecule has 2 N–H and O–H groups in total. The maximum atomic E-state index is 12.5. The van der Waals surface area contributed by atoms with Crippen LogP contribution < -0.4 is 10.2 Å². The summed E-state index contributed by atoms with van der Waals surface area (Å²) in [4.78, 5) is 26.4. The molecular formula is C19H22N2O4. The number of para-hydroxylation sites is 1. The third-order valence-corrected chi connectivity index (χ3v) is 4.48. The fourth-order valence-corrected chi connectivity index (χ4v) is 3.21. The minimum Gasteiger partial charge on any atom is -0.467 e. The average Bonchev–Trinajstić information content (AvgIpc) is 3.23. The molecule has 3 rings (SSSR count). The number of aliphatic hydroxyl groups excluding tert-OH is 1. The lowest BCUT2D eigenvalue weighted by Crippen LogP contribution is -2.45. The van der Waals surface area contributed by atoms with E-state index in [2.05, 4.69) is 5.32 Å². The number of rotatable bonds is 4. The lowest BCUT2D eigenvalue weighted by molar-refractivity contribution is -0.138. The van der Waals surface area contributed by atoms with E-state index in [0.717, 1.165) is 11.3 Å². The number of hydrogen-bond acceptors (Lipinski definition) is 4.